The number of aromatic nitrogens is 2. The summed E-state index contributed by atoms with van der Waals surface area (Å²) in [5.41, 5.74) is 15.0. The number of para-hydroxylation sites is 3. The van der Waals surface area contributed by atoms with Crippen LogP contribution in [0.15, 0.2) is 237 Å². The Hall–Kier alpha value is -8.97. The smallest absolute Gasteiger partial charge is 0.137 e. The number of fused-ring (bicyclic) bond motifs is 11. The largest absolute Gasteiger partial charge is 0.457 e. The Morgan fingerprint density at radius 1 is 0.459 bits per heavy atom. The number of thiophene rings is 1. The second kappa shape index (κ2) is 17.4. The number of ether oxygens (including phenoxy) is 1. The third-order valence-electron chi connectivity index (χ3n) is 14.8. The molecule has 0 amide bonds. The van der Waals surface area contributed by atoms with E-state index < -0.39 is 0 Å². The van der Waals surface area contributed by atoms with Crippen LogP contribution in [-0.4, -0.2) is 16.2 Å². The Morgan fingerprint density at radius 2 is 1.07 bits per heavy atom. The van der Waals surface area contributed by atoms with Crippen LogP contribution in [0.1, 0.15) is 26.3 Å². The van der Waals surface area contributed by atoms with Crippen molar-refractivity contribution in [2.45, 2.75) is 26.2 Å². The molecule has 0 bridgehead atoms. The van der Waals surface area contributed by atoms with Gasteiger partial charge in [0.1, 0.15) is 24.0 Å². The third-order valence-corrected chi connectivity index (χ3v) is 16.1. The van der Waals surface area contributed by atoms with Crippen molar-refractivity contribution in [1.82, 2.24) is 9.55 Å². The van der Waals surface area contributed by atoms with Gasteiger partial charge < -0.3 is 14.5 Å². The van der Waals surface area contributed by atoms with Crippen LogP contribution in [0.2, 0.25) is 0 Å². The minimum atomic E-state index is -0.0619. The zero-order chi connectivity index (χ0) is 49.5. The topological polar surface area (TPSA) is 33.5 Å². The summed E-state index contributed by atoms with van der Waals surface area (Å²) < 4.78 is 11.9. The highest BCUT2D eigenvalue weighted by atomic mass is 32.1. The highest BCUT2D eigenvalue weighted by molar-refractivity contribution is 7.27. The van der Waals surface area contributed by atoms with Gasteiger partial charge in [-0.2, -0.15) is 0 Å². The monoisotopic (exact) mass is 970 g/mol. The molecule has 0 fully saturated rings. The number of rotatable bonds is 8. The van der Waals surface area contributed by atoms with Crippen LogP contribution in [0.25, 0.3) is 91.9 Å². The van der Waals surface area contributed by atoms with E-state index in [0.29, 0.717) is 6.67 Å². The lowest BCUT2D eigenvalue weighted by molar-refractivity contribution is 0.483. The number of hydrogen-bond acceptors (Lipinski definition) is 5. The van der Waals surface area contributed by atoms with Gasteiger partial charge in [0.2, 0.25) is 0 Å². The average Bonchev–Trinajstić information content (AvgIpc) is 4.15. The van der Waals surface area contributed by atoms with Gasteiger partial charge in [-0.05, 0) is 104 Å². The first-order valence-corrected chi connectivity index (χ1v) is 26.2. The van der Waals surface area contributed by atoms with E-state index in [2.05, 4.69) is 266 Å². The molecular weight excluding hydrogens is 921 g/mol. The van der Waals surface area contributed by atoms with Crippen molar-refractivity contribution in [2.24, 2.45) is 0 Å². The molecule has 1 aliphatic heterocycles. The highest BCUT2D eigenvalue weighted by Crippen LogP contribution is 2.52. The molecule has 13 aromatic rings. The molecule has 4 heterocycles. The van der Waals surface area contributed by atoms with Gasteiger partial charge in [-0.1, -0.05) is 185 Å². The van der Waals surface area contributed by atoms with E-state index in [1.165, 1.54) is 91.9 Å². The van der Waals surface area contributed by atoms with Crippen molar-refractivity contribution in [2.75, 3.05) is 16.5 Å². The molecule has 0 radical (unpaired) electrons. The van der Waals surface area contributed by atoms with E-state index >= 15 is 0 Å². The number of benzene rings is 10. The average molecular weight is 971 g/mol. The SMILES string of the molecule is CC(C)(C)c1ccnc(-n2c3cc(Oc4cccc(N5CN(c6c(-c7ccccc7)cccc6-c6cccc(-c7ccccc7)c6)c6ccccc65)c4)ccc3c3sc4c5ccccc5c5ccccc5c4c32)c1. The maximum absolute atomic E-state index is 6.97. The molecular formula is C68H50N4OS. The van der Waals surface area contributed by atoms with Gasteiger partial charge in [-0.25, -0.2) is 4.98 Å². The maximum Gasteiger partial charge on any atom is 0.137 e. The van der Waals surface area contributed by atoms with Gasteiger partial charge in [0.25, 0.3) is 0 Å². The van der Waals surface area contributed by atoms with Crippen LogP contribution in [0.3, 0.4) is 0 Å². The van der Waals surface area contributed by atoms with E-state index in [9.17, 15) is 0 Å². The fourth-order valence-corrected chi connectivity index (χ4v) is 12.7. The van der Waals surface area contributed by atoms with Crippen LogP contribution in [-0.2, 0) is 5.41 Å². The van der Waals surface area contributed by atoms with Gasteiger partial charge >= 0.3 is 0 Å². The normalized spacial score (nSPS) is 12.7. The summed E-state index contributed by atoms with van der Waals surface area (Å²) in [4.78, 5) is 10.0. The molecule has 14 rings (SSSR count). The maximum atomic E-state index is 6.97. The van der Waals surface area contributed by atoms with Crippen molar-refractivity contribution in [3.05, 3.63) is 242 Å². The Bertz CT molecular complexity index is 4320. The van der Waals surface area contributed by atoms with Gasteiger partial charge in [-0.15, -0.1) is 11.3 Å². The summed E-state index contributed by atoms with van der Waals surface area (Å²) in [6, 6.07) is 83.1. The second-order valence-corrected chi connectivity index (χ2v) is 21.4. The molecule has 0 saturated carbocycles. The third kappa shape index (κ3) is 7.24. The molecule has 5 nitrogen and oxygen atoms in total. The quantitative estimate of drug-likeness (QED) is 0.142. The Kier molecular flexibility index (Phi) is 10.3. The number of nitrogens with zero attached hydrogens (tertiary/aromatic N) is 4. The highest BCUT2D eigenvalue weighted by Gasteiger charge is 2.32. The van der Waals surface area contributed by atoms with Crippen LogP contribution >= 0.6 is 11.3 Å². The van der Waals surface area contributed by atoms with Gasteiger partial charge in [0, 0.05) is 56.0 Å². The van der Waals surface area contributed by atoms with Crippen molar-refractivity contribution < 1.29 is 4.74 Å². The number of pyridine rings is 1. The summed E-state index contributed by atoms with van der Waals surface area (Å²) in [7, 11) is 0. The molecule has 0 saturated heterocycles. The standard InChI is InChI=1S/C68H50N4OS/c1-68(2,3)48-37-38-69-62(40-48)72-61-42-51(35-36-58(61)67-65(72)63-56-29-12-10-27-54(56)55-28-11-13-30-57(55)66(63)74-67)73-50-26-17-25-49(41-50)70-43-71(60-34-15-14-33-59(60)70)64-52(45-21-8-5-9-22-45)31-18-32-53(64)47-24-16-23-46(39-47)44-19-6-4-7-20-44/h4-42H,43H2,1-3H3. The predicted molar refractivity (Wildman–Crippen MR) is 313 cm³/mol. The number of hydrogen-bond donors (Lipinski definition) is 0. The fourth-order valence-electron chi connectivity index (χ4n) is 11.3. The van der Waals surface area contributed by atoms with Crippen molar-refractivity contribution in [3.8, 4) is 50.7 Å². The summed E-state index contributed by atoms with van der Waals surface area (Å²) in [5.74, 6) is 2.42. The summed E-state index contributed by atoms with van der Waals surface area (Å²) in [6.07, 6.45) is 1.96. The Labute approximate surface area is 434 Å². The van der Waals surface area contributed by atoms with Gasteiger partial charge in [0.15, 0.2) is 0 Å². The first-order chi connectivity index (χ1) is 36.3. The molecule has 74 heavy (non-hydrogen) atoms. The van der Waals surface area contributed by atoms with Crippen LogP contribution in [0, 0.1) is 0 Å². The fraction of sp³-hybridized carbons (Fsp3) is 0.0735. The molecule has 0 spiro atoms. The molecule has 0 unspecified atom stereocenters. The van der Waals surface area contributed by atoms with E-state index in [1.54, 1.807) is 0 Å². The van der Waals surface area contributed by atoms with Crippen LogP contribution in [0.4, 0.5) is 22.7 Å². The minimum absolute atomic E-state index is 0.0619. The van der Waals surface area contributed by atoms with Gasteiger partial charge in [0.05, 0.1) is 32.8 Å². The molecule has 0 N–H and O–H groups in total. The lowest BCUT2D eigenvalue weighted by atomic mass is 9.88. The van der Waals surface area contributed by atoms with E-state index in [-0.39, 0.29) is 5.41 Å². The molecule has 10 aromatic carbocycles. The molecule has 0 aliphatic carbocycles. The van der Waals surface area contributed by atoms with E-state index in [4.69, 9.17) is 9.72 Å². The summed E-state index contributed by atoms with van der Waals surface area (Å²) in [5, 5.41) is 7.48. The lowest BCUT2D eigenvalue weighted by Gasteiger charge is -2.27. The molecule has 0 atom stereocenters. The zero-order valence-electron chi connectivity index (χ0n) is 41.3. The van der Waals surface area contributed by atoms with Crippen molar-refractivity contribution in [3.63, 3.8) is 0 Å². The molecule has 1 aliphatic rings. The van der Waals surface area contributed by atoms with Crippen molar-refractivity contribution >= 4 is 86.8 Å². The van der Waals surface area contributed by atoms with Crippen LogP contribution in [0.5, 0.6) is 11.5 Å². The molecule has 6 heteroatoms. The Morgan fingerprint density at radius 3 is 1.84 bits per heavy atom. The molecule has 3 aromatic heterocycles. The van der Waals surface area contributed by atoms with E-state index in [0.717, 1.165) is 39.9 Å². The summed E-state index contributed by atoms with van der Waals surface area (Å²) >= 11 is 1.88. The summed E-state index contributed by atoms with van der Waals surface area (Å²) in [6.45, 7) is 7.40. The first-order valence-electron chi connectivity index (χ1n) is 25.4. The molecule has 354 valence electrons. The van der Waals surface area contributed by atoms with Crippen molar-refractivity contribution in [1.29, 1.82) is 0 Å². The Balaban J connectivity index is 0.879. The lowest BCUT2D eigenvalue weighted by Crippen LogP contribution is -2.25. The number of anilines is 4. The van der Waals surface area contributed by atoms with Gasteiger partial charge in [-0.3, -0.25) is 4.57 Å². The first kappa shape index (κ1) is 43.8. The predicted octanol–water partition coefficient (Wildman–Crippen LogP) is 19.0. The van der Waals surface area contributed by atoms with E-state index in [1.807, 2.05) is 17.5 Å². The van der Waals surface area contributed by atoms with Crippen LogP contribution < -0.4 is 14.5 Å². The zero-order valence-corrected chi connectivity index (χ0v) is 42.1. The second-order valence-electron chi connectivity index (χ2n) is 20.3. The minimum Gasteiger partial charge on any atom is -0.457 e.